The van der Waals surface area contributed by atoms with Crippen LogP contribution >= 0.6 is 11.6 Å². The number of hydrogen-bond donors (Lipinski definition) is 2. The molecule has 7 nitrogen and oxygen atoms in total. The van der Waals surface area contributed by atoms with E-state index in [1.54, 1.807) is 17.0 Å². The SMILES string of the molecule is CC(=O)N1C[C@H]2CC(c3ccc(OCCOc4cc(F)ccc4Cl)cc3)=C(C(=O)O)[C@@H](C1)N2. The number of piperazine rings is 1. The quantitative estimate of drug-likeness (QED) is 0.598. The molecule has 0 aromatic heterocycles. The van der Waals surface area contributed by atoms with Crippen molar-refractivity contribution in [1.82, 2.24) is 10.2 Å². The fourth-order valence-electron chi connectivity index (χ4n) is 4.28. The van der Waals surface area contributed by atoms with E-state index in [0.717, 1.165) is 11.1 Å². The van der Waals surface area contributed by atoms with E-state index in [-0.39, 0.29) is 30.9 Å². The highest BCUT2D eigenvalue weighted by molar-refractivity contribution is 6.32. The fraction of sp³-hybridized carbons (Fsp3) is 0.333. The summed E-state index contributed by atoms with van der Waals surface area (Å²) in [6.45, 7) is 2.81. The van der Waals surface area contributed by atoms with E-state index in [4.69, 9.17) is 21.1 Å². The molecule has 0 radical (unpaired) electrons. The number of carboxylic acids is 1. The zero-order chi connectivity index (χ0) is 23.5. The van der Waals surface area contributed by atoms with Crippen LogP contribution in [0.1, 0.15) is 18.9 Å². The van der Waals surface area contributed by atoms with Gasteiger partial charge in [-0.25, -0.2) is 9.18 Å². The first-order chi connectivity index (χ1) is 15.8. The summed E-state index contributed by atoms with van der Waals surface area (Å²) in [7, 11) is 0. The molecular weight excluding hydrogens is 451 g/mol. The second-order valence-electron chi connectivity index (χ2n) is 8.04. The number of ether oxygens (including phenoxy) is 2. The zero-order valence-electron chi connectivity index (χ0n) is 18.0. The molecule has 4 rings (SSSR count). The first kappa shape index (κ1) is 23.1. The van der Waals surface area contributed by atoms with Gasteiger partial charge in [-0.05, 0) is 41.8 Å². The predicted molar refractivity (Wildman–Crippen MR) is 121 cm³/mol. The number of carboxylic acid groups (broad SMARTS) is 1. The van der Waals surface area contributed by atoms with Crippen molar-refractivity contribution in [2.24, 2.45) is 0 Å². The van der Waals surface area contributed by atoms with Crippen molar-refractivity contribution < 1.29 is 28.6 Å². The second-order valence-corrected chi connectivity index (χ2v) is 8.44. The van der Waals surface area contributed by atoms with Crippen LogP contribution < -0.4 is 14.8 Å². The van der Waals surface area contributed by atoms with Crippen molar-refractivity contribution in [2.45, 2.75) is 25.4 Å². The molecule has 2 aliphatic rings. The second kappa shape index (κ2) is 9.80. The summed E-state index contributed by atoms with van der Waals surface area (Å²) >= 11 is 5.97. The monoisotopic (exact) mass is 474 g/mol. The molecular formula is C24H24ClFN2O5. The van der Waals surface area contributed by atoms with Crippen molar-refractivity contribution in [3.05, 3.63) is 64.4 Å². The highest BCUT2D eigenvalue weighted by Gasteiger charge is 2.39. The molecule has 0 saturated carbocycles. The first-order valence-corrected chi connectivity index (χ1v) is 11.0. The minimum Gasteiger partial charge on any atom is -0.490 e. The number of carbonyl (C=O) groups is 2. The van der Waals surface area contributed by atoms with Crippen LogP contribution in [0, 0.1) is 5.82 Å². The first-order valence-electron chi connectivity index (χ1n) is 10.6. The van der Waals surface area contributed by atoms with Crippen molar-refractivity contribution >= 4 is 29.1 Å². The lowest BCUT2D eigenvalue weighted by atomic mass is 9.83. The van der Waals surface area contributed by atoms with Gasteiger partial charge < -0.3 is 24.8 Å². The van der Waals surface area contributed by atoms with Crippen LogP contribution in [-0.4, -0.2) is 60.3 Å². The number of nitrogens with zero attached hydrogens (tertiary/aromatic N) is 1. The number of carbonyl (C=O) groups excluding carboxylic acids is 1. The van der Waals surface area contributed by atoms with Gasteiger partial charge in [0.05, 0.1) is 16.6 Å². The zero-order valence-corrected chi connectivity index (χ0v) is 18.8. The van der Waals surface area contributed by atoms with Gasteiger partial charge in [0.1, 0.15) is 30.5 Å². The van der Waals surface area contributed by atoms with E-state index in [1.165, 1.54) is 25.1 Å². The molecule has 2 atom stereocenters. The van der Waals surface area contributed by atoms with Crippen molar-refractivity contribution in [3.8, 4) is 11.5 Å². The molecule has 174 valence electrons. The summed E-state index contributed by atoms with van der Waals surface area (Å²) in [5.41, 5.74) is 1.89. The molecule has 0 unspecified atom stereocenters. The molecule has 1 amide bonds. The highest BCUT2D eigenvalue weighted by Crippen LogP contribution is 2.34. The Hall–Kier alpha value is -3.10. The Balaban J connectivity index is 1.41. The Morgan fingerprint density at radius 3 is 2.58 bits per heavy atom. The van der Waals surface area contributed by atoms with Crippen molar-refractivity contribution in [3.63, 3.8) is 0 Å². The number of aliphatic carboxylic acids is 1. The van der Waals surface area contributed by atoms with Gasteiger partial charge in [0.2, 0.25) is 5.91 Å². The predicted octanol–water partition coefficient (Wildman–Crippen LogP) is 3.37. The molecule has 33 heavy (non-hydrogen) atoms. The molecule has 1 fully saturated rings. The van der Waals surface area contributed by atoms with Gasteiger partial charge in [0.15, 0.2) is 0 Å². The van der Waals surface area contributed by atoms with Gasteiger partial charge in [-0.1, -0.05) is 23.7 Å². The Kier molecular flexibility index (Phi) is 6.85. The van der Waals surface area contributed by atoms with E-state index in [1.807, 2.05) is 12.1 Å². The van der Waals surface area contributed by atoms with Gasteiger partial charge in [-0.2, -0.15) is 0 Å². The molecule has 2 aromatic carbocycles. The maximum Gasteiger partial charge on any atom is 0.333 e. The average molecular weight is 475 g/mol. The maximum atomic E-state index is 13.3. The van der Waals surface area contributed by atoms with Gasteiger partial charge in [0, 0.05) is 32.1 Å². The van der Waals surface area contributed by atoms with E-state index in [2.05, 4.69) is 5.32 Å². The lowest BCUT2D eigenvalue weighted by molar-refractivity contribution is -0.135. The summed E-state index contributed by atoms with van der Waals surface area (Å²) in [5, 5.41) is 13.5. The molecule has 2 aliphatic heterocycles. The number of fused-ring (bicyclic) bond motifs is 2. The van der Waals surface area contributed by atoms with Crippen LogP contribution in [0.25, 0.3) is 5.57 Å². The molecule has 0 spiro atoms. The largest absolute Gasteiger partial charge is 0.490 e. The molecule has 9 heteroatoms. The Bertz CT molecular complexity index is 1090. The van der Waals surface area contributed by atoms with Crippen molar-refractivity contribution in [2.75, 3.05) is 26.3 Å². The summed E-state index contributed by atoms with van der Waals surface area (Å²) in [4.78, 5) is 25.5. The Morgan fingerprint density at radius 2 is 1.88 bits per heavy atom. The number of nitrogens with one attached hydrogen (secondary N) is 1. The normalized spacial score (nSPS) is 19.9. The minimum absolute atomic E-state index is 0.00785. The van der Waals surface area contributed by atoms with Gasteiger partial charge in [-0.3, -0.25) is 4.79 Å². The molecule has 1 saturated heterocycles. The number of amides is 1. The molecule has 2 N–H and O–H groups in total. The van der Waals surface area contributed by atoms with Gasteiger partial charge in [-0.15, -0.1) is 0 Å². The van der Waals surface area contributed by atoms with Gasteiger partial charge >= 0.3 is 5.97 Å². The molecule has 0 aliphatic carbocycles. The Morgan fingerprint density at radius 1 is 1.15 bits per heavy atom. The van der Waals surface area contributed by atoms with E-state index < -0.39 is 17.8 Å². The standard InChI is InChI=1S/C24H24ClFN2O5/c1-14(29)28-12-17-11-19(23(24(30)31)21(13-28)27-17)15-2-5-18(6-3-15)32-8-9-33-22-10-16(26)4-7-20(22)25/h2-7,10,17,21,27H,8-9,11-13H2,1H3,(H,30,31)/t17-,21-/m1/s1. The third kappa shape index (κ3) is 5.29. The topological polar surface area (TPSA) is 88.1 Å². The summed E-state index contributed by atoms with van der Waals surface area (Å²) < 4.78 is 24.4. The Labute approximate surface area is 195 Å². The third-order valence-electron chi connectivity index (χ3n) is 5.79. The van der Waals surface area contributed by atoms with Crippen LogP contribution in [0.15, 0.2) is 48.0 Å². The van der Waals surface area contributed by atoms with Crippen LogP contribution in [-0.2, 0) is 9.59 Å². The van der Waals surface area contributed by atoms with E-state index in [9.17, 15) is 19.1 Å². The summed E-state index contributed by atoms with van der Waals surface area (Å²) in [6, 6.07) is 10.7. The number of rotatable bonds is 7. The number of halogens is 2. The minimum atomic E-state index is -0.986. The summed E-state index contributed by atoms with van der Waals surface area (Å²) in [5.74, 6) is -0.618. The fourth-order valence-corrected chi connectivity index (χ4v) is 4.45. The van der Waals surface area contributed by atoms with E-state index in [0.29, 0.717) is 35.9 Å². The van der Waals surface area contributed by atoms with Gasteiger partial charge in [0.25, 0.3) is 0 Å². The average Bonchev–Trinajstić information content (AvgIpc) is 2.78. The van der Waals surface area contributed by atoms with E-state index >= 15 is 0 Å². The molecule has 2 aromatic rings. The molecule has 2 heterocycles. The highest BCUT2D eigenvalue weighted by atomic mass is 35.5. The maximum absolute atomic E-state index is 13.3. The van der Waals surface area contributed by atoms with Crippen LogP contribution in [0.4, 0.5) is 4.39 Å². The number of benzene rings is 2. The third-order valence-corrected chi connectivity index (χ3v) is 6.10. The number of hydrogen-bond acceptors (Lipinski definition) is 5. The smallest absolute Gasteiger partial charge is 0.333 e. The van der Waals surface area contributed by atoms with Crippen LogP contribution in [0.2, 0.25) is 5.02 Å². The molecule has 2 bridgehead atoms. The lowest BCUT2D eigenvalue weighted by Crippen LogP contribution is -2.61. The van der Waals surface area contributed by atoms with Crippen molar-refractivity contribution in [1.29, 1.82) is 0 Å². The lowest BCUT2D eigenvalue weighted by Gasteiger charge is -2.43. The summed E-state index contributed by atoms with van der Waals surface area (Å²) in [6.07, 6.45) is 0.518. The van der Waals surface area contributed by atoms with Crippen LogP contribution in [0.5, 0.6) is 11.5 Å². The van der Waals surface area contributed by atoms with Crippen LogP contribution in [0.3, 0.4) is 0 Å².